The van der Waals surface area contributed by atoms with E-state index in [0.29, 0.717) is 0 Å². The molecule has 1 aromatic rings. The molecule has 1 aromatic carbocycles. The van der Waals surface area contributed by atoms with Crippen molar-refractivity contribution in [2.24, 2.45) is 0 Å². The molecule has 0 heterocycles. The number of nitrogens with one attached hydrogen (secondary N) is 1. The van der Waals surface area contributed by atoms with Crippen LogP contribution in [0, 0.1) is 15.9 Å². The minimum absolute atomic E-state index is 0.112. The highest BCUT2D eigenvalue weighted by Gasteiger charge is 2.30. The Morgan fingerprint density at radius 2 is 2.05 bits per heavy atom. The molecule has 2 rings (SSSR count). The van der Waals surface area contributed by atoms with Gasteiger partial charge in [0.25, 0.3) is 5.91 Å². The van der Waals surface area contributed by atoms with Crippen LogP contribution >= 0.6 is 0 Å². The average Bonchev–Trinajstić information content (AvgIpc) is 2.75. The van der Waals surface area contributed by atoms with Gasteiger partial charge < -0.3 is 5.32 Å². The van der Waals surface area contributed by atoms with Crippen LogP contribution in [0.1, 0.15) is 43.0 Å². The summed E-state index contributed by atoms with van der Waals surface area (Å²) >= 11 is 0. The number of hydrogen-bond acceptors (Lipinski definition) is 3. The lowest BCUT2D eigenvalue weighted by Crippen LogP contribution is -2.43. The second kappa shape index (κ2) is 4.95. The molecule has 0 unspecified atom stereocenters. The Kier molecular flexibility index (Phi) is 3.50. The molecular weight excluding hydrogens is 251 g/mol. The van der Waals surface area contributed by atoms with Gasteiger partial charge in [-0.05, 0) is 31.9 Å². The number of rotatable bonds is 3. The second-order valence-electron chi connectivity index (χ2n) is 5.15. The first-order valence-corrected chi connectivity index (χ1v) is 6.18. The van der Waals surface area contributed by atoms with Gasteiger partial charge in [-0.1, -0.05) is 12.8 Å². The first-order valence-electron chi connectivity index (χ1n) is 6.18. The van der Waals surface area contributed by atoms with Crippen LogP contribution in [-0.4, -0.2) is 16.4 Å². The first-order chi connectivity index (χ1) is 8.91. The van der Waals surface area contributed by atoms with Gasteiger partial charge in [-0.3, -0.25) is 14.9 Å². The predicted molar refractivity (Wildman–Crippen MR) is 67.4 cm³/mol. The topological polar surface area (TPSA) is 72.2 Å². The van der Waals surface area contributed by atoms with E-state index in [-0.39, 0.29) is 11.1 Å². The van der Waals surface area contributed by atoms with Crippen LogP contribution in [0.25, 0.3) is 0 Å². The van der Waals surface area contributed by atoms with E-state index in [1.54, 1.807) is 0 Å². The normalized spacial score (nSPS) is 17.2. The smallest absolute Gasteiger partial charge is 0.305 e. The molecule has 1 fully saturated rings. The Bertz CT molecular complexity index is 525. The van der Waals surface area contributed by atoms with Gasteiger partial charge in [0.2, 0.25) is 5.82 Å². The van der Waals surface area contributed by atoms with Gasteiger partial charge in [0, 0.05) is 17.2 Å². The summed E-state index contributed by atoms with van der Waals surface area (Å²) < 4.78 is 13.2. The number of halogens is 1. The van der Waals surface area contributed by atoms with Crippen LogP contribution in [0.5, 0.6) is 0 Å². The maximum Gasteiger partial charge on any atom is 0.305 e. The Labute approximate surface area is 110 Å². The van der Waals surface area contributed by atoms with Crippen LogP contribution in [-0.2, 0) is 0 Å². The molecule has 0 spiro atoms. The monoisotopic (exact) mass is 266 g/mol. The number of benzene rings is 1. The highest BCUT2D eigenvalue weighted by molar-refractivity contribution is 5.95. The zero-order chi connectivity index (χ0) is 14.0. The molecule has 0 saturated heterocycles. The molecular formula is C13H15FN2O3. The van der Waals surface area contributed by atoms with Crippen LogP contribution in [0.15, 0.2) is 18.2 Å². The number of carbonyl (C=O) groups is 1. The van der Waals surface area contributed by atoms with E-state index in [9.17, 15) is 19.3 Å². The fourth-order valence-electron chi connectivity index (χ4n) is 2.42. The Balaban J connectivity index is 2.19. The SMILES string of the molecule is CC1(NC(=O)c2ccc(F)c([N+](=O)[O-])c2)CCCC1. The van der Waals surface area contributed by atoms with Gasteiger partial charge in [0.05, 0.1) is 4.92 Å². The summed E-state index contributed by atoms with van der Waals surface area (Å²) in [6, 6.07) is 3.18. The number of hydrogen-bond donors (Lipinski definition) is 1. The molecule has 0 bridgehead atoms. The van der Waals surface area contributed by atoms with E-state index < -0.39 is 22.3 Å². The fraction of sp³-hybridized carbons (Fsp3) is 0.462. The van der Waals surface area contributed by atoms with Crippen LogP contribution in [0.2, 0.25) is 0 Å². The Morgan fingerprint density at radius 1 is 1.42 bits per heavy atom. The molecule has 5 nitrogen and oxygen atoms in total. The van der Waals surface area contributed by atoms with Gasteiger partial charge in [-0.15, -0.1) is 0 Å². The molecule has 0 atom stereocenters. The summed E-state index contributed by atoms with van der Waals surface area (Å²) in [4.78, 5) is 21.8. The molecule has 1 N–H and O–H groups in total. The highest BCUT2D eigenvalue weighted by atomic mass is 19.1. The number of carbonyl (C=O) groups excluding carboxylic acids is 1. The van der Waals surface area contributed by atoms with Crippen molar-refractivity contribution >= 4 is 11.6 Å². The van der Waals surface area contributed by atoms with E-state index in [2.05, 4.69) is 5.32 Å². The molecule has 1 saturated carbocycles. The number of amides is 1. The van der Waals surface area contributed by atoms with Crippen molar-refractivity contribution in [2.75, 3.05) is 0 Å². The maximum absolute atomic E-state index is 13.2. The predicted octanol–water partition coefficient (Wildman–Crippen LogP) is 2.80. The van der Waals surface area contributed by atoms with Crippen LogP contribution in [0.4, 0.5) is 10.1 Å². The third kappa shape index (κ3) is 2.89. The van der Waals surface area contributed by atoms with E-state index in [1.165, 1.54) is 6.07 Å². The summed E-state index contributed by atoms with van der Waals surface area (Å²) in [6.07, 6.45) is 3.89. The zero-order valence-electron chi connectivity index (χ0n) is 10.6. The Morgan fingerprint density at radius 3 is 2.63 bits per heavy atom. The summed E-state index contributed by atoms with van der Waals surface area (Å²) in [5.74, 6) is -1.33. The third-order valence-corrected chi connectivity index (χ3v) is 3.53. The minimum Gasteiger partial charge on any atom is -0.347 e. The van der Waals surface area contributed by atoms with E-state index in [1.807, 2.05) is 6.92 Å². The highest BCUT2D eigenvalue weighted by Crippen LogP contribution is 2.29. The van der Waals surface area contributed by atoms with Gasteiger partial charge >= 0.3 is 5.69 Å². The average molecular weight is 266 g/mol. The van der Waals surface area contributed by atoms with Crippen molar-refractivity contribution in [3.05, 3.63) is 39.7 Å². The van der Waals surface area contributed by atoms with Crippen molar-refractivity contribution in [3.8, 4) is 0 Å². The lowest BCUT2D eigenvalue weighted by Gasteiger charge is -2.25. The largest absolute Gasteiger partial charge is 0.347 e. The molecule has 1 amide bonds. The van der Waals surface area contributed by atoms with Crippen molar-refractivity contribution in [1.82, 2.24) is 5.32 Å². The fourth-order valence-corrected chi connectivity index (χ4v) is 2.42. The van der Waals surface area contributed by atoms with E-state index >= 15 is 0 Å². The molecule has 1 aliphatic rings. The maximum atomic E-state index is 13.2. The molecule has 0 aromatic heterocycles. The lowest BCUT2D eigenvalue weighted by molar-refractivity contribution is -0.387. The Hall–Kier alpha value is -1.98. The summed E-state index contributed by atoms with van der Waals surface area (Å²) in [5, 5.41) is 13.5. The van der Waals surface area contributed by atoms with Crippen molar-refractivity contribution in [1.29, 1.82) is 0 Å². The molecule has 102 valence electrons. The summed E-state index contributed by atoms with van der Waals surface area (Å²) in [5.41, 5.74) is -0.828. The van der Waals surface area contributed by atoms with Crippen LogP contribution in [0.3, 0.4) is 0 Å². The number of nitro groups is 1. The number of nitro benzene ring substituents is 1. The van der Waals surface area contributed by atoms with Gasteiger partial charge in [-0.2, -0.15) is 4.39 Å². The van der Waals surface area contributed by atoms with E-state index in [4.69, 9.17) is 0 Å². The van der Waals surface area contributed by atoms with Crippen molar-refractivity contribution in [2.45, 2.75) is 38.1 Å². The molecule has 6 heteroatoms. The number of nitrogens with zero attached hydrogens (tertiary/aromatic N) is 1. The molecule has 1 aliphatic carbocycles. The van der Waals surface area contributed by atoms with Crippen LogP contribution < -0.4 is 5.32 Å². The quantitative estimate of drug-likeness (QED) is 0.675. The molecule has 19 heavy (non-hydrogen) atoms. The third-order valence-electron chi connectivity index (χ3n) is 3.53. The standard InChI is InChI=1S/C13H15FN2O3/c1-13(6-2-3-7-13)15-12(17)9-4-5-10(14)11(8-9)16(18)19/h4-5,8H,2-3,6-7H2,1H3,(H,15,17). The molecule has 0 radical (unpaired) electrons. The van der Waals surface area contributed by atoms with Gasteiger partial charge in [0.1, 0.15) is 0 Å². The van der Waals surface area contributed by atoms with Crippen molar-refractivity contribution < 1.29 is 14.1 Å². The minimum atomic E-state index is -0.936. The van der Waals surface area contributed by atoms with Crippen molar-refractivity contribution in [3.63, 3.8) is 0 Å². The lowest BCUT2D eigenvalue weighted by atomic mass is 10.00. The van der Waals surface area contributed by atoms with Gasteiger partial charge in [0.15, 0.2) is 0 Å². The van der Waals surface area contributed by atoms with Gasteiger partial charge in [-0.25, -0.2) is 0 Å². The van der Waals surface area contributed by atoms with E-state index in [0.717, 1.165) is 37.8 Å². The summed E-state index contributed by atoms with van der Waals surface area (Å²) in [7, 11) is 0. The summed E-state index contributed by atoms with van der Waals surface area (Å²) in [6.45, 7) is 1.95. The second-order valence-corrected chi connectivity index (χ2v) is 5.15. The first kappa shape index (κ1) is 13.5. The zero-order valence-corrected chi connectivity index (χ0v) is 10.6. The molecule has 0 aliphatic heterocycles.